The number of esters is 1. The summed E-state index contributed by atoms with van der Waals surface area (Å²) in [5.74, 6) is -1.27. The van der Waals surface area contributed by atoms with E-state index >= 15 is 0 Å². The maximum atomic E-state index is 14.6. The fourth-order valence-corrected chi connectivity index (χ4v) is 8.91. The number of carbonyl (C=O) groups excluding carboxylic acids is 3. The Morgan fingerprint density at radius 3 is 2.30 bits per heavy atom. The molecule has 0 aliphatic carbocycles. The first-order chi connectivity index (χ1) is 17.0. The Morgan fingerprint density at radius 2 is 1.81 bits per heavy atom. The van der Waals surface area contributed by atoms with Crippen molar-refractivity contribution in [3.63, 3.8) is 0 Å². The number of ether oxygens (including phenoxy) is 2. The Bertz CT molecular complexity index is 1100. The van der Waals surface area contributed by atoms with Crippen molar-refractivity contribution in [2.75, 3.05) is 19.5 Å². The normalized spacial score (nSPS) is 22.4. The van der Waals surface area contributed by atoms with Gasteiger partial charge in [0.1, 0.15) is 17.4 Å². The molecule has 37 heavy (non-hydrogen) atoms. The lowest BCUT2D eigenvalue weighted by atomic mass is 10.0. The number of thioether (sulfide) groups is 1. The molecule has 0 radical (unpaired) electrons. The highest BCUT2D eigenvalue weighted by atomic mass is 32.2. The van der Waals surface area contributed by atoms with Gasteiger partial charge < -0.3 is 14.8 Å². The summed E-state index contributed by atoms with van der Waals surface area (Å²) < 4.78 is 37.5. The minimum absolute atomic E-state index is 0.0209. The predicted molar refractivity (Wildman–Crippen MR) is 142 cm³/mol. The van der Waals surface area contributed by atoms with Crippen molar-refractivity contribution in [3.05, 3.63) is 33.4 Å². The predicted octanol–water partition coefficient (Wildman–Crippen LogP) is 4.26. The Morgan fingerprint density at radius 1 is 1.19 bits per heavy atom. The van der Waals surface area contributed by atoms with E-state index in [2.05, 4.69) is 5.32 Å². The zero-order chi connectivity index (χ0) is 27.8. The minimum atomic E-state index is -4.17. The van der Waals surface area contributed by atoms with Gasteiger partial charge in [-0.25, -0.2) is 0 Å². The van der Waals surface area contributed by atoms with Crippen LogP contribution in [-0.2, 0) is 43.9 Å². The van der Waals surface area contributed by atoms with E-state index in [1.807, 2.05) is 17.5 Å². The molecule has 1 aromatic rings. The van der Waals surface area contributed by atoms with Crippen LogP contribution >= 0.6 is 30.7 Å². The number of carbonyl (C=O) groups is 3. The lowest BCUT2D eigenvalue weighted by Gasteiger charge is -2.57. The van der Waals surface area contributed by atoms with Gasteiger partial charge in [-0.1, -0.05) is 6.07 Å². The highest BCUT2D eigenvalue weighted by molar-refractivity contribution is 8.00. The van der Waals surface area contributed by atoms with Crippen LogP contribution in [0.1, 0.15) is 53.3 Å². The monoisotopic (exact) mass is 574 g/mol. The Labute approximate surface area is 226 Å². The molecule has 2 aliphatic rings. The number of hydrogen-bond acceptors (Lipinski definition) is 10. The topological polar surface area (TPSA) is 120 Å². The SMILES string of the molecule is CO[C@@]1(NC(=O)Cc2cccs2)C(=O)N2C(P(=O)(OC(C)(C)C)OC(C)(C)C)=C(COC(C)=O)CS[C@H]21. The molecule has 0 aromatic carbocycles. The summed E-state index contributed by atoms with van der Waals surface area (Å²) >= 11 is 2.74. The first-order valence-corrected chi connectivity index (χ1v) is 15.2. The standard InChI is InChI=1S/C24H35N2O8PS2/c1-15(27)32-13-16-14-37-21-24(31-8,25-18(28)12-17-10-9-11-36-17)20(29)26(21)19(16)35(30,33-22(2,3)4)34-23(5,6)7/h9-11,21H,12-14H2,1-8H3,(H,25,28)/t21-,24-/m0/s1. The van der Waals surface area contributed by atoms with Gasteiger partial charge in [0, 0.05) is 30.2 Å². The van der Waals surface area contributed by atoms with E-state index in [1.165, 1.54) is 42.0 Å². The molecule has 0 unspecified atom stereocenters. The third-order valence-corrected chi connectivity index (χ3v) is 10.0. The van der Waals surface area contributed by atoms with Crippen molar-refractivity contribution in [2.24, 2.45) is 0 Å². The number of thiophene rings is 1. The van der Waals surface area contributed by atoms with E-state index < -0.39 is 41.8 Å². The lowest BCUT2D eigenvalue weighted by molar-refractivity contribution is -0.190. The van der Waals surface area contributed by atoms with Crippen LogP contribution in [0.25, 0.3) is 0 Å². The minimum Gasteiger partial charge on any atom is -0.461 e. The number of hydrogen-bond donors (Lipinski definition) is 1. The summed E-state index contributed by atoms with van der Waals surface area (Å²) in [5, 5.41) is 3.88. The van der Waals surface area contributed by atoms with Crippen LogP contribution in [0.4, 0.5) is 0 Å². The van der Waals surface area contributed by atoms with Crippen LogP contribution in [-0.4, -0.2) is 64.5 Å². The quantitative estimate of drug-likeness (QED) is 0.200. The molecule has 1 fully saturated rings. The molecular weight excluding hydrogens is 539 g/mol. The zero-order valence-corrected chi connectivity index (χ0v) is 24.9. The van der Waals surface area contributed by atoms with E-state index in [9.17, 15) is 18.9 Å². The van der Waals surface area contributed by atoms with Crippen LogP contribution in [0.15, 0.2) is 28.5 Å². The van der Waals surface area contributed by atoms with Crippen LogP contribution < -0.4 is 5.32 Å². The van der Waals surface area contributed by atoms with Gasteiger partial charge in [0.25, 0.3) is 11.6 Å². The zero-order valence-electron chi connectivity index (χ0n) is 22.4. The largest absolute Gasteiger partial charge is 0.461 e. The van der Waals surface area contributed by atoms with Crippen molar-refractivity contribution in [2.45, 2.75) is 77.2 Å². The smallest absolute Gasteiger partial charge is 0.378 e. The molecule has 1 N–H and O–H groups in total. The van der Waals surface area contributed by atoms with Gasteiger partial charge in [-0.05, 0) is 53.0 Å². The average Bonchev–Trinajstić information content (AvgIpc) is 3.25. The van der Waals surface area contributed by atoms with Gasteiger partial charge in [-0.3, -0.25) is 32.9 Å². The molecule has 0 spiro atoms. The van der Waals surface area contributed by atoms with E-state index in [0.717, 1.165) is 4.88 Å². The van der Waals surface area contributed by atoms with Crippen molar-refractivity contribution < 1.29 is 37.5 Å². The molecule has 2 amide bonds. The number of nitrogens with one attached hydrogen (secondary N) is 1. The molecule has 3 heterocycles. The summed E-state index contributed by atoms with van der Waals surface area (Å²) in [4.78, 5) is 40.3. The Kier molecular flexibility index (Phi) is 8.73. The maximum Gasteiger partial charge on any atom is 0.378 e. The number of methoxy groups -OCH3 is 1. The van der Waals surface area contributed by atoms with Crippen LogP contribution in [0.3, 0.4) is 0 Å². The molecule has 0 bridgehead atoms. The van der Waals surface area contributed by atoms with E-state index in [4.69, 9.17) is 18.5 Å². The summed E-state index contributed by atoms with van der Waals surface area (Å²) in [5.41, 5.74) is -3.02. The summed E-state index contributed by atoms with van der Waals surface area (Å²) in [6, 6.07) is 3.68. The maximum absolute atomic E-state index is 14.6. The van der Waals surface area contributed by atoms with Gasteiger partial charge in [0.15, 0.2) is 0 Å². The third-order valence-electron chi connectivity index (χ3n) is 5.14. The van der Waals surface area contributed by atoms with Crippen LogP contribution in [0.2, 0.25) is 0 Å². The van der Waals surface area contributed by atoms with Crippen LogP contribution in [0.5, 0.6) is 0 Å². The second-order valence-corrected chi connectivity index (χ2v) is 14.6. The molecule has 3 rings (SSSR count). The first kappa shape index (κ1) is 29.9. The molecule has 10 nitrogen and oxygen atoms in total. The number of amides is 2. The lowest BCUT2D eigenvalue weighted by Crippen LogP contribution is -2.80. The number of β-lactam (4-membered cyclic amide) rings is 1. The van der Waals surface area contributed by atoms with E-state index in [0.29, 0.717) is 5.57 Å². The van der Waals surface area contributed by atoms with Gasteiger partial charge in [0.2, 0.25) is 5.91 Å². The van der Waals surface area contributed by atoms with E-state index in [1.54, 1.807) is 41.5 Å². The molecule has 1 saturated heterocycles. The number of fused-ring (bicyclic) bond motifs is 1. The van der Waals surface area contributed by atoms with Gasteiger partial charge >= 0.3 is 13.6 Å². The highest BCUT2D eigenvalue weighted by Crippen LogP contribution is 2.67. The molecule has 2 aliphatic heterocycles. The molecular formula is C24H35N2O8PS2. The fraction of sp³-hybridized carbons (Fsp3) is 0.625. The van der Waals surface area contributed by atoms with Crippen molar-refractivity contribution >= 4 is 48.5 Å². The van der Waals surface area contributed by atoms with Crippen LogP contribution in [0, 0.1) is 0 Å². The Hall–Kier alpha value is -1.69. The second-order valence-electron chi connectivity index (χ2n) is 10.7. The first-order valence-electron chi connectivity index (χ1n) is 11.7. The van der Waals surface area contributed by atoms with Gasteiger partial charge in [0.05, 0.1) is 17.6 Å². The average molecular weight is 575 g/mol. The van der Waals surface area contributed by atoms with E-state index in [-0.39, 0.29) is 30.1 Å². The van der Waals surface area contributed by atoms with Crippen molar-refractivity contribution in [1.82, 2.24) is 10.2 Å². The highest BCUT2D eigenvalue weighted by Gasteiger charge is 2.68. The van der Waals surface area contributed by atoms with Gasteiger partial charge in [-0.15, -0.1) is 23.1 Å². The van der Waals surface area contributed by atoms with Crippen molar-refractivity contribution in [1.29, 1.82) is 0 Å². The molecule has 2 atom stereocenters. The fourth-order valence-electron chi connectivity index (χ4n) is 3.94. The molecule has 206 valence electrons. The summed E-state index contributed by atoms with van der Waals surface area (Å²) in [6.07, 6.45) is 0.0899. The number of nitrogens with zero attached hydrogens (tertiary/aromatic N) is 1. The summed E-state index contributed by atoms with van der Waals surface area (Å²) in [7, 11) is -2.82. The summed E-state index contributed by atoms with van der Waals surface area (Å²) in [6.45, 7) is 11.5. The second kappa shape index (κ2) is 10.8. The number of rotatable bonds is 9. The molecule has 13 heteroatoms. The van der Waals surface area contributed by atoms with Crippen molar-refractivity contribution in [3.8, 4) is 0 Å². The Balaban J connectivity index is 2.04. The third kappa shape index (κ3) is 6.66. The molecule has 0 saturated carbocycles. The molecule has 1 aromatic heterocycles. The van der Waals surface area contributed by atoms with Gasteiger partial charge in [-0.2, -0.15) is 0 Å².